The highest BCUT2D eigenvalue weighted by atomic mass is 16.6. The van der Waals surface area contributed by atoms with Crippen LogP contribution in [0.3, 0.4) is 0 Å². The van der Waals surface area contributed by atoms with Crippen LogP contribution < -0.4 is 0 Å². The Morgan fingerprint density at radius 1 is 1.12 bits per heavy atom. The summed E-state index contributed by atoms with van der Waals surface area (Å²) in [4.78, 5) is 14.7. The highest BCUT2D eigenvalue weighted by Gasteiger charge is 2.17. The minimum Gasteiger partial charge on any atom is -0.358 e. The minimum absolute atomic E-state index is 0.0168. The topological polar surface area (TPSA) is 91.7 Å². The predicted octanol–water partition coefficient (Wildman–Crippen LogP) is 3.21. The lowest BCUT2D eigenvalue weighted by Crippen LogP contribution is -2.11. The zero-order chi connectivity index (χ0) is 18.1. The third kappa shape index (κ3) is 2.81. The van der Waals surface area contributed by atoms with E-state index in [-0.39, 0.29) is 5.82 Å². The molecule has 0 fully saturated rings. The van der Waals surface area contributed by atoms with Crippen LogP contribution >= 0.6 is 0 Å². The fourth-order valence-corrected chi connectivity index (χ4v) is 3.06. The number of nitro groups is 1. The highest BCUT2D eigenvalue weighted by Crippen LogP contribution is 2.26. The lowest BCUT2D eigenvalue weighted by atomic mass is 10.0. The number of nitrogens with zero attached hydrogens (tertiary/aromatic N) is 6. The van der Waals surface area contributed by atoms with Gasteiger partial charge in [-0.05, 0) is 15.7 Å². The van der Waals surface area contributed by atoms with Gasteiger partial charge in [0.15, 0.2) is 5.82 Å². The Morgan fingerprint density at radius 3 is 2.77 bits per heavy atom. The second kappa shape index (κ2) is 6.40. The first kappa shape index (κ1) is 15.9. The van der Waals surface area contributed by atoms with Crippen molar-refractivity contribution < 1.29 is 4.92 Å². The first-order valence-corrected chi connectivity index (χ1v) is 8.18. The zero-order valence-electron chi connectivity index (χ0n) is 14.1. The van der Waals surface area contributed by atoms with E-state index in [4.69, 9.17) is 0 Å². The molecule has 8 nitrogen and oxygen atoms in total. The number of imidazole rings is 1. The van der Waals surface area contributed by atoms with Crippen molar-refractivity contribution in [2.24, 2.45) is 0 Å². The normalized spacial score (nSPS) is 11.1. The van der Waals surface area contributed by atoms with Crippen LogP contribution in [-0.2, 0) is 13.1 Å². The van der Waals surface area contributed by atoms with Crippen LogP contribution in [0.4, 0.5) is 5.82 Å². The maximum Gasteiger partial charge on any atom is 0.342 e. The van der Waals surface area contributed by atoms with Gasteiger partial charge in [0.1, 0.15) is 18.4 Å². The van der Waals surface area contributed by atoms with E-state index in [1.807, 2.05) is 30.5 Å². The number of hydrogen-bond acceptors (Lipinski definition) is 5. The number of fused-ring (bicyclic) bond motifs is 1. The van der Waals surface area contributed by atoms with Gasteiger partial charge in [0.05, 0.1) is 12.7 Å². The molecular weight excluding hydrogens is 332 g/mol. The second-order valence-electron chi connectivity index (χ2n) is 5.97. The molecular formula is C18H16N6O2. The maximum absolute atomic E-state index is 11.1. The van der Waals surface area contributed by atoms with Gasteiger partial charge in [-0.2, -0.15) is 0 Å². The standard InChI is InChI=1S/C18H16N6O2/c1-13-19-11-18(24(25)26)23(13)10-9-22-12-17(20-21-22)16-8-4-6-14-5-2-3-7-15(14)16/h2-8,11-12H,9-10H2,1H3. The molecule has 0 bridgehead atoms. The Morgan fingerprint density at radius 2 is 1.92 bits per heavy atom. The van der Waals surface area contributed by atoms with Crippen molar-refractivity contribution in [2.45, 2.75) is 20.0 Å². The molecule has 2 aromatic heterocycles. The van der Waals surface area contributed by atoms with Gasteiger partial charge >= 0.3 is 5.82 Å². The van der Waals surface area contributed by atoms with E-state index in [0.29, 0.717) is 18.9 Å². The molecule has 0 unspecified atom stereocenters. The Hall–Kier alpha value is -3.55. The lowest BCUT2D eigenvalue weighted by Gasteiger charge is -2.03. The van der Waals surface area contributed by atoms with E-state index in [2.05, 4.69) is 33.5 Å². The number of aromatic nitrogens is 5. The lowest BCUT2D eigenvalue weighted by molar-refractivity contribution is -0.392. The highest BCUT2D eigenvalue weighted by molar-refractivity contribution is 5.95. The quantitative estimate of drug-likeness (QED) is 0.408. The molecule has 0 aliphatic heterocycles. The van der Waals surface area contributed by atoms with Gasteiger partial charge in [-0.3, -0.25) is 0 Å². The molecule has 8 heteroatoms. The summed E-state index contributed by atoms with van der Waals surface area (Å²) in [5.74, 6) is 0.586. The van der Waals surface area contributed by atoms with E-state index in [1.54, 1.807) is 16.2 Å². The molecule has 0 atom stereocenters. The molecule has 0 radical (unpaired) electrons. The fourth-order valence-electron chi connectivity index (χ4n) is 3.06. The Kier molecular flexibility index (Phi) is 3.92. The number of benzene rings is 2. The van der Waals surface area contributed by atoms with Gasteiger partial charge in [0.25, 0.3) is 0 Å². The Balaban J connectivity index is 1.59. The largest absolute Gasteiger partial charge is 0.358 e. The molecule has 2 heterocycles. The molecule has 0 saturated heterocycles. The average molecular weight is 348 g/mol. The summed E-state index contributed by atoms with van der Waals surface area (Å²) in [6.45, 7) is 2.62. The van der Waals surface area contributed by atoms with E-state index in [1.165, 1.54) is 6.20 Å². The first-order valence-electron chi connectivity index (χ1n) is 8.18. The van der Waals surface area contributed by atoms with Crippen LogP contribution in [-0.4, -0.2) is 29.5 Å². The summed E-state index contributed by atoms with van der Waals surface area (Å²) >= 11 is 0. The Labute approximate surface area is 148 Å². The van der Waals surface area contributed by atoms with Gasteiger partial charge in [-0.15, -0.1) is 5.10 Å². The van der Waals surface area contributed by atoms with Crippen molar-refractivity contribution >= 4 is 16.6 Å². The van der Waals surface area contributed by atoms with Crippen molar-refractivity contribution in [3.05, 3.63) is 70.8 Å². The van der Waals surface area contributed by atoms with E-state index in [0.717, 1.165) is 22.0 Å². The van der Waals surface area contributed by atoms with Crippen molar-refractivity contribution in [1.82, 2.24) is 24.5 Å². The zero-order valence-corrected chi connectivity index (χ0v) is 14.1. The van der Waals surface area contributed by atoms with Crippen molar-refractivity contribution in [2.75, 3.05) is 0 Å². The molecule has 0 amide bonds. The van der Waals surface area contributed by atoms with Crippen LogP contribution in [0, 0.1) is 17.0 Å². The summed E-state index contributed by atoms with van der Waals surface area (Å²) in [6.07, 6.45) is 3.14. The molecule has 0 spiro atoms. The first-order chi connectivity index (χ1) is 12.6. The molecule has 0 aliphatic carbocycles. The summed E-state index contributed by atoms with van der Waals surface area (Å²) in [7, 11) is 0. The maximum atomic E-state index is 11.1. The van der Waals surface area contributed by atoms with Gasteiger partial charge in [0, 0.05) is 12.5 Å². The van der Waals surface area contributed by atoms with Crippen LogP contribution in [0.15, 0.2) is 54.9 Å². The van der Waals surface area contributed by atoms with Crippen LogP contribution in [0.25, 0.3) is 22.0 Å². The molecule has 0 N–H and O–H groups in total. The SMILES string of the molecule is Cc1ncc([N+](=O)[O-])n1CCn1cc(-c2cccc3ccccc23)nn1. The third-order valence-corrected chi connectivity index (χ3v) is 4.38. The monoisotopic (exact) mass is 348 g/mol. The molecule has 4 rings (SSSR count). The summed E-state index contributed by atoms with van der Waals surface area (Å²) < 4.78 is 3.26. The van der Waals surface area contributed by atoms with Crippen LogP contribution in [0.2, 0.25) is 0 Å². The molecule has 2 aromatic carbocycles. The number of rotatable bonds is 5. The smallest absolute Gasteiger partial charge is 0.342 e. The van der Waals surface area contributed by atoms with Crippen molar-refractivity contribution in [1.29, 1.82) is 0 Å². The molecule has 4 aromatic rings. The van der Waals surface area contributed by atoms with Gasteiger partial charge < -0.3 is 10.1 Å². The average Bonchev–Trinajstić information content (AvgIpc) is 3.26. The molecule has 130 valence electrons. The van der Waals surface area contributed by atoms with Gasteiger partial charge in [0.2, 0.25) is 0 Å². The number of hydrogen-bond donors (Lipinski definition) is 0. The fraction of sp³-hybridized carbons (Fsp3) is 0.167. The summed E-state index contributed by atoms with van der Waals surface area (Å²) in [5, 5.41) is 21.8. The predicted molar refractivity (Wildman–Crippen MR) is 96.6 cm³/mol. The Bertz CT molecular complexity index is 1090. The summed E-state index contributed by atoms with van der Waals surface area (Å²) in [6, 6.07) is 14.2. The van der Waals surface area contributed by atoms with E-state index in [9.17, 15) is 10.1 Å². The second-order valence-corrected chi connectivity index (χ2v) is 5.97. The summed E-state index contributed by atoms with van der Waals surface area (Å²) in [5.41, 5.74) is 1.79. The van der Waals surface area contributed by atoms with Crippen molar-refractivity contribution in [3.63, 3.8) is 0 Å². The molecule has 0 saturated carbocycles. The molecule has 26 heavy (non-hydrogen) atoms. The van der Waals surface area contributed by atoms with Gasteiger partial charge in [-0.25, -0.2) is 14.2 Å². The van der Waals surface area contributed by atoms with E-state index >= 15 is 0 Å². The third-order valence-electron chi connectivity index (χ3n) is 4.38. The van der Waals surface area contributed by atoms with Crippen LogP contribution in [0.1, 0.15) is 5.82 Å². The van der Waals surface area contributed by atoms with E-state index < -0.39 is 4.92 Å². The number of aryl methyl sites for hydroxylation is 2. The van der Waals surface area contributed by atoms with Crippen molar-refractivity contribution in [3.8, 4) is 11.3 Å². The van der Waals surface area contributed by atoms with Crippen LogP contribution in [0.5, 0.6) is 0 Å². The molecule has 0 aliphatic rings. The minimum atomic E-state index is -0.428. The van der Waals surface area contributed by atoms with Gasteiger partial charge in [-0.1, -0.05) is 47.7 Å².